The van der Waals surface area contributed by atoms with Crippen LogP contribution in [0.1, 0.15) is 12.8 Å². The van der Waals surface area contributed by atoms with Crippen molar-refractivity contribution in [2.75, 3.05) is 6.54 Å². The zero-order chi connectivity index (χ0) is 12.3. The Balaban J connectivity index is 2.79. The van der Waals surface area contributed by atoms with E-state index in [0.29, 0.717) is 0 Å². The lowest BCUT2D eigenvalue weighted by Crippen LogP contribution is -2.43. The fraction of sp³-hybridized carbons (Fsp3) is 0.500. The number of hydrogen-bond acceptors (Lipinski definition) is 3. The van der Waals surface area contributed by atoms with E-state index in [1.165, 1.54) is 0 Å². The Morgan fingerprint density at radius 3 is 2.56 bits per heavy atom. The van der Waals surface area contributed by atoms with Crippen molar-refractivity contribution in [1.82, 2.24) is 4.90 Å². The first-order chi connectivity index (χ1) is 7.45. The summed E-state index contributed by atoms with van der Waals surface area (Å²) in [6, 6.07) is -1.28. The fourth-order valence-corrected chi connectivity index (χ4v) is 1.72. The lowest BCUT2D eigenvalue weighted by atomic mass is 10.1. The summed E-state index contributed by atoms with van der Waals surface area (Å²) in [6.07, 6.45) is 1.20. The van der Waals surface area contributed by atoms with Gasteiger partial charge in [0.1, 0.15) is 6.04 Å². The predicted molar refractivity (Wildman–Crippen MR) is 53.7 cm³/mol. The van der Waals surface area contributed by atoms with Crippen molar-refractivity contribution in [3.05, 3.63) is 12.7 Å². The van der Waals surface area contributed by atoms with Gasteiger partial charge in [-0.3, -0.25) is 9.59 Å². The molecular formula is C10H13NO5. The van der Waals surface area contributed by atoms with Crippen LogP contribution in [0.25, 0.3) is 0 Å². The highest BCUT2D eigenvalue weighted by Gasteiger charge is 2.37. The van der Waals surface area contributed by atoms with Gasteiger partial charge < -0.3 is 15.1 Å². The van der Waals surface area contributed by atoms with E-state index in [9.17, 15) is 14.4 Å². The van der Waals surface area contributed by atoms with Gasteiger partial charge in [0, 0.05) is 18.9 Å². The molecule has 16 heavy (non-hydrogen) atoms. The molecule has 0 aromatic rings. The van der Waals surface area contributed by atoms with Crippen LogP contribution in [0, 0.1) is 5.92 Å². The van der Waals surface area contributed by atoms with E-state index in [1.54, 1.807) is 6.08 Å². The van der Waals surface area contributed by atoms with Crippen molar-refractivity contribution in [2.45, 2.75) is 18.9 Å². The average Bonchev–Trinajstić information content (AvgIpc) is 2.55. The zero-order valence-corrected chi connectivity index (χ0v) is 8.63. The van der Waals surface area contributed by atoms with Crippen LogP contribution in [0.15, 0.2) is 12.7 Å². The molecule has 1 heterocycles. The van der Waals surface area contributed by atoms with Crippen LogP contribution in [0.2, 0.25) is 0 Å². The molecule has 0 bridgehead atoms. The summed E-state index contributed by atoms with van der Waals surface area (Å²) in [5, 5.41) is 17.5. The number of rotatable bonds is 5. The minimum Gasteiger partial charge on any atom is -0.481 e. The topological polar surface area (TPSA) is 94.9 Å². The second-order valence-corrected chi connectivity index (χ2v) is 3.70. The molecule has 1 saturated heterocycles. The third-order valence-electron chi connectivity index (χ3n) is 2.55. The predicted octanol–water partition coefficient (Wildman–Crippen LogP) is -0.0512. The van der Waals surface area contributed by atoms with E-state index < -0.39 is 24.4 Å². The number of amides is 1. The van der Waals surface area contributed by atoms with Gasteiger partial charge in [-0.1, -0.05) is 6.08 Å². The molecule has 0 spiro atoms. The van der Waals surface area contributed by atoms with Gasteiger partial charge in [-0.2, -0.15) is 0 Å². The molecule has 1 fully saturated rings. The first kappa shape index (κ1) is 12.2. The summed E-state index contributed by atoms with van der Waals surface area (Å²) in [7, 11) is 0. The normalized spacial score (nSPS) is 21.9. The molecule has 0 saturated carbocycles. The van der Waals surface area contributed by atoms with Crippen molar-refractivity contribution < 1.29 is 24.6 Å². The minimum absolute atomic E-state index is 0.0943. The number of carbonyl (C=O) groups is 3. The molecule has 1 amide bonds. The highest BCUT2D eigenvalue weighted by molar-refractivity contribution is 5.88. The van der Waals surface area contributed by atoms with E-state index in [1.807, 2.05) is 0 Å². The van der Waals surface area contributed by atoms with Crippen LogP contribution in [-0.4, -0.2) is 45.5 Å². The first-order valence-corrected chi connectivity index (χ1v) is 4.82. The molecule has 2 unspecified atom stereocenters. The smallest absolute Gasteiger partial charge is 0.327 e. The number of carboxylic acid groups (broad SMARTS) is 2. The van der Waals surface area contributed by atoms with Crippen molar-refractivity contribution in [2.24, 2.45) is 5.92 Å². The number of aliphatic carboxylic acids is 2. The lowest BCUT2D eigenvalue weighted by Gasteiger charge is -2.22. The van der Waals surface area contributed by atoms with Gasteiger partial charge in [-0.25, -0.2) is 4.79 Å². The Labute approximate surface area is 92.2 Å². The van der Waals surface area contributed by atoms with Crippen LogP contribution >= 0.6 is 0 Å². The number of hydrogen-bond donors (Lipinski definition) is 2. The number of carbonyl (C=O) groups excluding carboxylic acids is 1. The summed E-state index contributed by atoms with van der Waals surface area (Å²) < 4.78 is 0. The molecule has 0 aromatic carbocycles. The van der Waals surface area contributed by atoms with Crippen molar-refractivity contribution in [3.8, 4) is 0 Å². The standard InChI is InChI=1S/C10H13NO5/c1-2-6-3-8(12)11(5-6)7(10(15)16)4-9(13)14/h2,6-7H,1,3-5H2,(H,13,14)(H,15,16). The van der Waals surface area contributed by atoms with Gasteiger partial charge in [0.15, 0.2) is 0 Å². The number of carboxylic acids is 2. The van der Waals surface area contributed by atoms with Gasteiger partial charge in [0.25, 0.3) is 0 Å². The molecule has 1 aliphatic rings. The Hall–Kier alpha value is -1.85. The third kappa shape index (κ3) is 2.59. The highest BCUT2D eigenvalue weighted by atomic mass is 16.4. The summed E-state index contributed by atoms with van der Waals surface area (Å²) in [4.78, 5) is 34.0. The van der Waals surface area contributed by atoms with Crippen molar-refractivity contribution >= 4 is 17.8 Å². The van der Waals surface area contributed by atoms with Gasteiger partial charge in [0.05, 0.1) is 6.42 Å². The monoisotopic (exact) mass is 227 g/mol. The molecule has 2 N–H and O–H groups in total. The maximum absolute atomic E-state index is 11.5. The largest absolute Gasteiger partial charge is 0.481 e. The molecule has 0 aliphatic carbocycles. The lowest BCUT2D eigenvalue weighted by molar-refractivity contribution is -0.153. The summed E-state index contributed by atoms with van der Waals surface area (Å²) in [6.45, 7) is 3.76. The van der Waals surface area contributed by atoms with Gasteiger partial charge in [0.2, 0.25) is 5.91 Å². The molecular weight excluding hydrogens is 214 g/mol. The molecule has 1 aliphatic heterocycles. The maximum atomic E-state index is 11.5. The van der Waals surface area contributed by atoms with Crippen LogP contribution in [0.5, 0.6) is 0 Å². The average molecular weight is 227 g/mol. The molecule has 1 rings (SSSR count). The van der Waals surface area contributed by atoms with Crippen LogP contribution in [0.3, 0.4) is 0 Å². The molecule has 6 heteroatoms. The van der Waals surface area contributed by atoms with Gasteiger partial charge >= 0.3 is 11.9 Å². The Morgan fingerprint density at radius 1 is 1.56 bits per heavy atom. The Kier molecular flexibility index (Phi) is 3.65. The van der Waals surface area contributed by atoms with E-state index in [2.05, 4.69) is 6.58 Å². The van der Waals surface area contributed by atoms with E-state index in [0.717, 1.165) is 4.90 Å². The zero-order valence-electron chi connectivity index (χ0n) is 8.63. The summed E-state index contributed by atoms with van der Waals surface area (Å²) >= 11 is 0. The Morgan fingerprint density at radius 2 is 2.19 bits per heavy atom. The second kappa shape index (κ2) is 4.78. The minimum atomic E-state index is -1.29. The fourth-order valence-electron chi connectivity index (χ4n) is 1.72. The van der Waals surface area contributed by atoms with E-state index in [4.69, 9.17) is 10.2 Å². The van der Waals surface area contributed by atoms with Gasteiger partial charge in [-0.05, 0) is 0 Å². The molecule has 2 atom stereocenters. The van der Waals surface area contributed by atoms with Gasteiger partial charge in [-0.15, -0.1) is 6.58 Å². The molecule has 0 radical (unpaired) electrons. The molecule has 88 valence electrons. The maximum Gasteiger partial charge on any atom is 0.327 e. The highest BCUT2D eigenvalue weighted by Crippen LogP contribution is 2.22. The third-order valence-corrected chi connectivity index (χ3v) is 2.55. The number of likely N-dealkylation sites (tertiary alicyclic amines) is 1. The van der Waals surface area contributed by atoms with Crippen molar-refractivity contribution in [3.63, 3.8) is 0 Å². The first-order valence-electron chi connectivity index (χ1n) is 4.82. The van der Waals surface area contributed by atoms with Crippen molar-refractivity contribution in [1.29, 1.82) is 0 Å². The van der Waals surface area contributed by atoms with E-state index >= 15 is 0 Å². The quantitative estimate of drug-likeness (QED) is 0.642. The summed E-state index contributed by atoms with van der Waals surface area (Å²) in [5.41, 5.74) is 0. The molecule has 0 aromatic heterocycles. The Bertz CT molecular complexity index is 338. The van der Waals surface area contributed by atoms with E-state index in [-0.39, 0.29) is 24.8 Å². The SMILES string of the molecule is C=CC1CC(=O)N(C(CC(=O)O)C(=O)O)C1. The van der Waals surface area contributed by atoms with Crippen LogP contribution in [-0.2, 0) is 14.4 Å². The van der Waals surface area contributed by atoms with Crippen LogP contribution < -0.4 is 0 Å². The van der Waals surface area contributed by atoms with Crippen LogP contribution in [0.4, 0.5) is 0 Å². The molecule has 6 nitrogen and oxygen atoms in total. The number of nitrogens with zero attached hydrogens (tertiary/aromatic N) is 1. The summed E-state index contributed by atoms with van der Waals surface area (Å²) in [5.74, 6) is -2.95. The second-order valence-electron chi connectivity index (χ2n) is 3.70.